The summed E-state index contributed by atoms with van der Waals surface area (Å²) in [6.07, 6.45) is 3.81. The Bertz CT molecular complexity index is 1810. The van der Waals surface area contributed by atoms with Gasteiger partial charge in [0.2, 0.25) is 0 Å². The van der Waals surface area contributed by atoms with Crippen molar-refractivity contribution in [3.63, 3.8) is 0 Å². The van der Waals surface area contributed by atoms with Crippen LogP contribution < -0.4 is 0 Å². The molecular weight excluding hydrogens is 434 g/mol. The Kier molecular flexibility index (Phi) is 4.85. The van der Waals surface area contributed by atoms with Gasteiger partial charge in [-0.25, -0.2) is 0 Å². The van der Waals surface area contributed by atoms with Crippen LogP contribution in [0.4, 0.5) is 0 Å². The van der Waals surface area contributed by atoms with Crippen molar-refractivity contribution in [2.45, 2.75) is 0 Å². The smallest absolute Gasteiger partial charge is 0.0346 e. The molecule has 7 aromatic rings. The maximum atomic E-state index is 4.44. The molecule has 6 aromatic carbocycles. The highest BCUT2D eigenvalue weighted by Crippen LogP contribution is 2.46. The molecule has 7 rings (SSSR count). The van der Waals surface area contributed by atoms with E-state index in [2.05, 4.69) is 126 Å². The number of pyridine rings is 1. The number of nitrogens with zero attached hydrogens (tertiary/aromatic N) is 1. The maximum absolute atomic E-state index is 4.44. The molecule has 1 nitrogen and oxygen atoms in total. The summed E-state index contributed by atoms with van der Waals surface area (Å²) in [6.45, 7) is 0. The predicted octanol–water partition coefficient (Wildman–Crippen LogP) is 9.54. The van der Waals surface area contributed by atoms with E-state index < -0.39 is 0 Å². The van der Waals surface area contributed by atoms with Gasteiger partial charge >= 0.3 is 0 Å². The van der Waals surface area contributed by atoms with Crippen molar-refractivity contribution in [3.8, 4) is 33.4 Å². The molecule has 0 N–H and O–H groups in total. The monoisotopic (exact) mass is 457 g/mol. The van der Waals surface area contributed by atoms with Crippen molar-refractivity contribution in [1.29, 1.82) is 0 Å². The number of hydrogen-bond acceptors (Lipinski definition) is 1. The Hall–Kier alpha value is -4.75. The Labute approximate surface area is 210 Å². The molecule has 1 aromatic heterocycles. The van der Waals surface area contributed by atoms with Crippen LogP contribution in [0.1, 0.15) is 0 Å². The lowest BCUT2D eigenvalue weighted by atomic mass is 9.84. The molecule has 168 valence electrons. The van der Waals surface area contributed by atoms with E-state index >= 15 is 0 Å². The number of benzene rings is 6. The lowest BCUT2D eigenvalue weighted by Crippen LogP contribution is -1.92. The van der Waals surface area contributed by atoms with Crippen LogP contribution in [0.2, 0.25) is 0 Å². The van der Waals surface area contributed by atoms with Crippen LogP contribution in [0.15, 0.2) is 140 Å². The van der Waals surface area contributed by atoms with Gasteiger partial charge in [-0.1, -0.05) is 109 Å². The van der Waals surface area contributed by atoms with Crippen LogP contribution >= 0.6 is 0 Å². The minimum atomic E-state index is 1.14. The standard InChI is InChI=1S/C35H23N/c1-2-11-24(12-3-1)27-21-25-13-4-5-15-28(25)33(22-27)35-31-18-8-6-16-29(31)34(26-14-10-20-36-23-26)30-17-7-9-19-32(30)35/h1-23H. The third-order valence-electron chi connectivity index (χ3n) is 7.12. The van der Waals surface area contributed by atoms with Crippen LogP contribution in [0.25, 0.3) is 65.7 Å². The summed E-state index contributed by atoms with van der Waals surface area (Å²) in [6, 6.07) is 45.9. The van der Waals surface area contributed by atoms with Gasteiger partial charge in [0.05, 0.1) is 0 Å². The van der Waals surface area contributed by atoms with E-state index in [0.29, 0.717) is 0 Å². The molecule has 1 heteroatoms. The van der Waals surface area contributed by atoms with Crippen molar-refractivity contribution in [2.24, 2.45) is 0 Å². The summed E-state index contributed by atoms with van der Waals surface area (Å²) in [4.78, 5) is 4.44. The molecule has 0 bridgehead atoms. The van der Waals surface area contributed by atoms with Gasteiger partial charge in [-0.2, -0.15) is 0 Å². The summed E-state index contributed by atoms with van der Waals surface area (Å²) in [5.41, 5.74) is 7.37. The molecule has 0 radical (unpaired) electrons. The summed E-state index contributed by atoms with van der Waals surface area (Å²) in [7, 11) is 0. The van der Waals surface area contributed by atoms with Crippen molar-refractivity contribution in [3.05, 3.63) is 140 Å². The Morgan fingerprint density at radius 2 is 0.944 bits per heavy atom. The van der Waals surface area contributed by atoms with Crippen LogP contribution in [0.5, 0.6) is 0 Å². The van der Waals surface area contributed by atoms with Crippen LogP contribution in [-0.4, -0.2) is 4.98 Å². The first-order valence-electron chi connectivity index (χ1n) is 12.3. The van der Waals surface area contributed by atoms with E-state index in [0.717, 1.165) is 5.56 Å². The lowest BCUT2D eigenvalue weighted by Gasteiger charge is -2.19. The zero-order valence-electron chi connectivity index (χ0n) is 19.7. The summed E-state index contributed by atoms with van der Waals surface area (Å²) < 4.78 is 0. The zero-order valence-corrected chi connectivity index (χ0v) is 19.7. The van der Waals surface area contributed by atoms with E-state index in [1.807, 2.05) is 18.5 Å². The first-order chi connectivity index (χ1) is 17.9. The first-order valence-corrected chi connectivity index (χ1v) is 12.3. The molecular formula is C35H23N. The average Bonchev–Trinajstić information content (AvgIpc) is 2.96. The fraction of sp³-hybridized carbons (Fsp3) is 0. The molecule has 36 heavy (non-hydrogen) atoms. The van der Waals surface area contributed by atoms with Crippen molar-refractivity contribution in [1.82, 2.24) is 4.98 Å². The third kappa shape index (κ3) is 3.29. The quantitative estimate of drug-likeness (QED) is 0.241. The normalized spacial score (nSPS) is 11.3. The van der Waals surface area contributed by atoms with E-state index in [9.17, 15) is 0 Å². The summed E-state index contributed by atoms with van der Waals surface area (Å²) >= 11 is 0. The molecule has 0 unspecified atom stereocenters. The molecule has 0 saturated heterocycles. The second-order valence-electron chi connectivity index (χ2n) is 9.19. The molecule has 0 fully saturated rings. The highest BCUT2D eigenvalue weighted by atomic mass is 14.6. The number of rotatable bonds is 3. The van der Waals surface area contributed by atoms with E-state index in [4.69, 9.17) is 0 Å². The van der Waals surface area contributed by atoms with Crippen LogP contribution in [-0.2, 0) is 0 Å². The van der Waals surface area contributed by atoms with Gasteiger partial charge in [-0.05, 0) is 78.3 Å². The van der Waals surface area contributed by atoms with E-state index in [-0.39, 0.29) is 0 Å². The van der Waals surface area contributed by atoms with E-state index in [1.165, 1.54) is 60.1 Å². The molecule has 0 spiro atoms. The fourth-order valence-corrected chi connectivity index (χ4v) is 5.55. The van der Waals surface area contributed by atoms with Crippen molar-refractivity contribution in [2.75, 3.05) is 0 Å². The van der Waals surface area contributed by atoms with Gasteiger partial charge in [0, 0.05) is 18.0 Å². The second kappa shape index (κ2) is 8.48. The lowest BCUT2D eigenvalue weighted by molar-refractivity contribution is 1.33. The van der Waals surface area contributed by atoms with Crippen LogP contribution in [0, 0.1) is 0 Å². The SMILES string of the molecule is c1ccc(-c2cc(-c3c4ccccc4c(-c4cccnc4)c4ccccc34)c3ccccc3c2)cc1. The summed E-state index contributed by atoms with van der Waals surface area (Å²) in [5, 5.41) is 7.51. The average molecular weight is 458 g/mol. The second-order valence-corrected chi connectivity index (χ2v) is 9.19. The van der Waals surface area contributed by atoms with Gasteiger partial charge in [-0.15, -0.1) is 0 Å². The fourth-order valence-electron chi connectivity index (χ4n) is 5.55. The highest BCUT2D eigenvalue weighted by molar-refractivity contribution is 6.23. The Balaban J connectivity index is 1.66. The summed E-state index contributed by atoms with van der Waals surface area (Å²) in [5.74, 6) is 0. The topological polar surface area (TPSA) is 12.9 Å². The zero-order chi connectivity index (χ0) is 23.9. The van der Waals surface area contributed by atoms with E-state index in [1.54, 1.807) is 0 Å². The number of hydrogen-bond donors (Lipinski definition) is 0. The molecule has 0 aliphatic heterocycles. The molecule has 0 aliphatic carbocycles. The molecule has 1 heterocycles. The third-order valence-corrected chi connectivity index (χ3v) is 7.12. The van der Waals surface area contributed by atoms with Gasteiger partial charge < -0.3 is 0 Å². The maximum Gasteiger partial charge on any atom is 0.0346 e. The minimum Gasteiger partial charge on any atom is -0.264 e. The number of fused-ring (bicyclic) bond motifs is 3. The van der Waals surface area contributed by atoms with Gasteiger partial charge in [0.1, 0.15) is 0 Å². The van der Waals surface area contributed by atoms with Crippen LogP contribution in [0.3, 0.4) is 0 Å². The predicted molar refractivity (Wildman–Crippen MR) is 153 cm³/mol. The molecule has 0 saturated carbocycles. The highest BCUT2D eigenvalue weighted by Gasteiger charge is 2.18. The molecule has 0 aliphatic rings. The minimum absolute atomic E-state index is 1.14. The largest absolute Gasteiger partial charge is 0.264 e. The first kappa shape index (κ1) is 20.6. The molecule has 0 atom stereocenters. The van der Waals surface area contributed by atoms with Gasteiger partial charge in [0.25, 0.3) is 0 Å². The van der Waals surface area contributed by atoms with Crippen molar-refractivity contribution >= 4 is 32.3 Å². The van der Waals surface area contributed by atoms with Crippen molar-refractivity contribution < 1.29 is 0 Å². The molecule has 0 amide bonds. The number of aromatic nitrogens is 1. The van der Waals surface area contributed by atoms with Gasteiger partial charge in [-0.3, -0.25) is 4.98 Å². The van der Waals surface area contributed by atoms with Gasteiger partial charge in [0.15, 0.2) is 0 Å². The Morgan fingerprint density at radius 1 is 0.389 bits per heavy atom. The Morgan fingerprint density at radius 3 is 1.58 bits per heavy atom.